The maximum absolute atomic E-state index is 13.3. The molecule has 0 spiro atoms. The number of halogens is 4. The van der Waals surface area contributed by atoms with Gasteiger partial charge in [0.25, 0.3) is 0 Å². The fourth-order valence-corrected chi connectivity index (χ4v) is 4.08. The van der Waals surface area contributed by atoms with Crippen LogP contribution in [0.5, 0.6) is 11.5 Å². The van der Waals surface area contributed by atoms with Crippen LogP contribution in [0.25, 0.3) is 5.57 Å². The first-order valence-corrected chi connectivity index (χ1v) is 9.90. The van der Waals surface area contributed by atoms with Gasteiger partial charge in [0.05, 0.1) is 5.56 Å². The third-order valence-electron chi connectivity index (χ3n) is 5.59. The van der Waals surface area contributed by atoms with Crippen molar-refractivity contribution in [2.75, 3.05) is 19.6 Å². The molecule has 0 radical (unpaired) electrons. The summed E-state index contributed by atoms with van der Waals surface area (Å²) in [7, 11) is 0. The topological polar surface area (TPSA) is 12.5 Å². The van der Waals surface area contributed by atoms with Crippen LogP contribution in [0.4, 0.5) is 13.2 Å². The lowest BCUT2D eigenvalue weighted by Gasteiger charge is -2.32. The average Bonchev–Trinajstić information content (AvgIpc) is 2.70. The molecular weight excluding hydrogens is 399 g/mol. The van der Waals surface area contributed by atoms with Gasteiger partial charge in [-0.1, -0.05) is 37.1 Å². The predicted octanol–water partition coefficient (Wildman–Crippen LogP) is 6.93. The van der Waals surface area contributed by atoms with E-state index in [1.165, 1.54) is 30.5 Å². The summed E-state index contributed by atoms with van der Waals surface area (Å²) in [6, 6.07) is 11.4. The van der Waals surface area contributed by atoms with Gasteiger partial charge < -0.3 is 9.64 Å². The van der Waals surface area contributed by atoms with Gasteiger partial charge in [0.15, 0.2) is 0 Å². The Hall–Kier alpha value is -1.98. The maximum Gasteiger partial charge on any atom is 0.416 e. The van der Waals surface area contributed by atoms with Gasteiger partial charge in [-0.3, -0.25) is 0 Å². The number of rotatable bonds is 3. The van der Waals surface area contributed by atoms with Crippen LogP contribution in [-0.4, -0.2) is 24.5 Å². The van der Waals surface area contributed by atoms with Gasteiger partial charge in [-0.25, -0.2) is 0 Å². The van der Waals surface area contributed by atoms with E-state index in [1.807, 2.05) is 24.3 Å². The zero-order valence-electron chi connectivity index (χ0n) is 16.4. The first-order valence-electron chi connectivity index (χ1n) is 9.90. The third kappa shape index (κ3) is 4.46. The minimum absolute atomic E-state index is 0. The Morgan fingerprint density at radius 1 is 0.966 bits per heavy atom. The van der Waals surface area contributed by atoms with Crippen molar-refractivity contribution in [3.05, 3.63) is 64.7 Å². The highest BCUT2D eigenvalue weighted by molar-refractivity contribution is 5.90. The number of hydrogen-bond donors (Lipinski definition) is 0. The summed E-state index contributed by atoms with van der Waals surface area (Å²) in [5.74, 6) is 1.22. The molecular formula is C23H25ClF3NO. The minimum atomic E-state index is -4.37. The molecule has 2 nitrogen and oxygen atoms in total. The molecule has 2 aliphatic rings. The van der Waals surface area contributed by atoms with Gasteiger partial charge in [-0.15, -0.1) is 12.4 Å². The smallest absolute Gasteiger partial charge is 0.416 e. The van der Waals surface area contributed by atoms with Gasteiger partial charge in [0.1, 0.15) is 11.5 Å². The molecule has 29 heavy (non-hydrogen) atoms. The molecule has 1 fully saturated rings. The normalized spacial score (nSPS) is 16.6. The summed E-state index contributed by atoms with van der Waals surface area (Å²) in [5, 5.41) is 0. The van der Waals surface area contributed by atoms with Crippen LogP contribution >= 0.6 is 12.4 Å². The molecule has 0 aliphatic carbocycles. The second kappa shape index (κ2) is 8.80. The van der Waals surface area contributed by atoms with Crippen LogP contribution in [0.1, 0.15) is 49.3 Å². The molecule has 2 aromatic carbocycles. The SMILES string of the molecule is CCCCN1CCC(=C2c3ccccc3Oc3ccc(C(F)(F)F)cc32)CC1.Cl. The van der Waals surface area contributed by atoms with Crippen molar-refractivity contribution in [1.82, 2.24) is 4.90 Å². The Bertz CT molecular complexity index is 897. The van der Waals surface area contributed by atoms with Gasteiger partial charge in [0, 0.05) is 24.2 Å². The molecule has 2 aliphatic heterocycles. The molecule has 1 saturated heterocycles. The van der Waals surface area contributed by atoms with Crippen molar-refractivity contribution in [2.45, 2.75) is 38.8 Å². The van der Waals surface area contributed by atoms with Crippen molar-refractivity contribution in [1.29, 1.82) is 0 Å². The minimum Gasteiger partial charge on any atom is -0.456 e. The molecule has 156 valence electrons. The molecule has 0 N–H and O–H groups in total. The van der Waals surface area contributed by atoms with Crippen LogP contribution in [-0.2, 0) is 6.18 Å². The van der Waals surface area contributed by atoms with Gasteiger partial charge in [-0.2, -0.15) is 13.2 Å². The molecule has 0 bridgehead atoms. The number of benzene rings is 2. The third-order valence-corrected chi connectivity index (χ3v) is 5.59. The number of alkyl halides is 3. The van der Waals surface area contributed by atoms with Crippen LogP contribution in [0.2, 0.25) is 0 Å². The number of unbranched alkanes of at least 4 members (excludes halogenated alkanes) is 1. The molecule has 4 rings (SSSR count). The molecule has 0 unspecified atom stereocenters. The van der Waals surface area contributed by atoms with E-state index in [0.29, 0.717) is 17.1 Å². The second-order valence-corrected chi connectivity index (χ2v) is 7.48. The Morgan fingerprint density at radius 3 is 2.34 bits per heavy atom. The number of hydrogen-bond acceptors (Lipinski definition) is 2. The molecule has 0 atom stereocenters. The van der Waals surface area contributed by atoms with E-state index >= 15 is 0 Å². The lowest BCUT2D eigenvalue weighted by atomic mass is 9.85. The predicted molar refractivity (Wildman–Crippen MR) is 112 cm³/mol. The van der Waals surface area contributed by atoms with Crippen LogP contribution in [0, 0.1) is 0 Å². The van der Waals surface area contributed by atoms with Crippen molar-refractivity contribution >= 4 is 18.0 Å². The lowest BCUT2D eigenvalue weighted by molar-refractivity contribution is -0.137. The number of nitrogens with zero attached hydrogens (tertiary/aromatic N) is 1. The summed E-state index contributed by atoms with van der Waals surface area (Å²) in [4.78, 5) is 2.45. The van der Waals surface area contributed by atoms with Crippen LogP contribution < -0.4 is 4.74 Å². The molecule has 0 aromatic heterocycles. The summed E-state index contributed by atoms with van der Waals surface area (Å²) in [6.45, 7) is 5.19. The maximum atomic E-state index is 13.3. The first kappa shape index (κ1) is 21.7. The van der Waals surface area contributed by atoms with E-state index in [0.717, 1.165) is 49.7 Å². The number of piperidine rings is 1. The highest BCUT2D eigenvalue weighted by Crippen LogP contribution is 2.47. The van der Waals surface area contributed by atoms with E-state index < -0.39 is 11.7 Å². The molecule has 2 heterocycles. The summed E-state index contributed by atoms with van der Waals surface area (Å²) in [6.07, 6.45) is -0.263. The van der Waals surface area contributed by atoms with Crippen LogP contribution in [0.15, 0.2) is 48.0 Å². The molecule has 0 amide bonds. The zero-order chi connectivity index (χ0) is 19.7. The quantitative estimate of drug-likeness (QED) is 0.452. The van der Waals surface area contributed by atoms with Crippen molar-refractivity contribution < 1.29 is 17.9 Å². The Labute approximate surface area is 175 Å². The Kier molecular flexibility index (Phi) is 6.59. The molecule has 0 saturated carbocycles. The van der Waals surface area contributed by atoms with Crippen LogP contribution in [0.3, 0.4) is 0 Å². The molecule has 6 heteroatoms. The highest BCUT2D eigenvalue weighted by Gasteiger charge is 2.34. The summed E-state index contributed by atoms with van der Waals surface area (Å²) in [5.41, 5.74) is 2.98. The number of fused-ring (bicyclic) bond motifs is 2. The van der Waals surface area contributed by atoms with Crippen molar-refractivity contribution in [2.24, 2.45) is 0 Å². The van der Waals surface area contributed by atoms with Crippen molar-refractivity contribution in [3.8, 4) is 11.5 Å². The van der Waals surface area contributed by atoms with E-state index in [9.17, 15) is 13.2 Å². The van der Waals surface area contributed by atoms with E-state index in [4.69, 9.17) is 4.74 Å². The fraction of sp³-hybridized carbons (Fsp3) is 0.391. The fourth-order valence-electron chi connectivity index (χ4n) is 4.08. The number of likely N-dealkylation sites (tertiary alicyclic amines) is 1. The Morgan fingerprint density at radius 2 is 1.66 bits per heavy atom. The second-order valence-electron chi connectivity index (χ2n) is 7.48. The van der Waals surface area contributed by atoms with Gasteiger partial charge in [0.2, 0.25) is 0 Å². The monoisotopic (exact) mass is 423 g/mol. The van der Waals surface area contributed by atoms with Gasteiger partial charge >= 0.3 is 6.18 Å². The standard InChI is InChI=1S/C23H24F3NO.ClH/c1-2-3-12-27-13-10-16(11-14-27)22-18-6-4-5-7-20(18)28-21-9-8-17(15-19(21)22)23(24,25)26;/h4-9,15H,2-3,10-14H2,1H3;1H. The van der Waals surface area contributed by atoms with E-state index in [1.54, 1.807) is 0 Å². The van der Waals surface area contributed by atoms with E-state index in [2.05, 4.69) is 11.8 Å². The first-order chi connectivity index (χ1) is 13.5. The largest absolute Gasteiger partial charge is 0.456 e. The summed E-state index contributed by atoms with van der Waals surface area (Å²) >= 11 is 0. The van der Waals surface area contributed by atoms with E-state index in [-0.39, 0.29) is 12.4 Å². The Balaban J connectivity index is 0.00000240. The number of para-hydroxylation sites is 1. The highest BCUT2D eigenvalue weighted by atomic mass is 35.5. The van der Waals surface area contributed by atoms with Gasteiger partial charge in [-0.05, 0) is 55.6 Å². The number of ether oxygens (including phenoxy) is 1. The lowest BCUT2D eigenvalue weighted by Crippen LogP contribution is -2.32. The zero-order valence-corrected chi connectivity index (χ0v) is 17.2. The molecule has 2 aromatic rings. The average molecular weight is 424 g/mol. The van der Waals surface area contributed by atoms with Crippen molar-refractivity contribution in [3.63, 3.8) is 0 Å². The summed E-state index contributed by atoms with van der Waals surface area (Å²) < 4.78 is 45.9.